The number of nitrogens with one attached hydrogen (secondary N) is 4. The Labute approximate surface area is 258 Å². The molecule has 8 nitrogen and oxygen atoms in total. The highest BCUT2D eigenvalue weighted by atomic mass is 35.5. The van der Waals surface area contributed by atoms with Gasteiger partial charge >= 0.3 is 0 Å². The number of rotatable bonds is 12. The summed E-state index contributed by atoms with van der Waals surface area (Å²) in [6, 6.07) is 17.2. The molecule has 0 bridgehead atoms. The van der Waals surface area contributed by atoms with Gasteiger partial charge in [-0.25, -0.2) is 12.8 Å². The molecule has 43 heavy (non-hydrogen) atoms. The first kappa shape index (κ1) is 32.7. The van der Waals surface area contributed by atoms with Crippen LogP contribution in [-0.2, 0) is 27.5 Å². The minimum Gasteiger partial charge on any atom is -0.497 e. The fourth-order valence-corrected chi connectivity index (χ4v) is 7.62. The Morgan fingerprint density at radius 3 is 2.51 bits per heavy atom. The third-order valence-electron chi connectivity index (χ3n) is 7.56. The van der Waals surface area contributed by atoms with Crippen molar-refractivity contribution in [2.24, 2.45) is 0 Å². The number of carbonyl (C=O) groups excluding carboxylic acids is 1. The number of anilines is 1. The second kappa shape index (κ2) is 14.1. The van der Waals surface area contributed by atoms with Crippen LogP contribution in [0.1, 0.15) is 38.3 Å². The van der Waals surface area contributed by atoms with Crippen molar-refractivity contribution in [3.05, 3.63) is 88.7 Å². The normalized spacial score (nSPS) is 19.6. The molecule has 1 aliphatic heterocycles. The Bertz CT molecular complexity index is 1520. The standard InChI is InChI=1S/C32H40ClFN4O4S/c1-21(2)36-31(39)30(18-23-7-5-8-24(33)17-23)37-29-10-6-9-28(34)27(29)15-16-32(20-35-19-22(3)38-32)43(40,41)26-13-11-25(42-4)12-14-26/h5-14,17,21-22,30,35,37-38H,15-16,18-20H2,1-4H3,(H,36,39)/t22-,30-,32-/m0/s1. The zero-order valence-electron chi connectivity index (χ0n) is 24.9. The fraction of sp³-hybridized carbons (Fsp3) is 0.406. The quantitative estimate of drug-likeness (QED) is 0.229. The number of hydrogen-bond donors (Lipinski definition) is 4. The lowest BCUT2D eigenvalue weighted by molar-refractivity contribution is -0.122. The first-order valence-electron chi connectivity index (χ1n) is 14.4. The van der Waals surface area contributed by atoms with Crippen molar-refractivity contribution in [2.45, 2.75) is 67.9 Å². The molecule has 4 rings (SSSR count). The van der Waals surface area contributed by atoms with E-state index in [9.17, 15) is 13.2 Å². The van der Waals surface area contributed by atoms with E-state index in [2.05, 4.69) is 21.3 Å². The van der Waals surface area contributed by atoms with Gasteiger partial charge in [0.2, 0.25) is 5.91 Å². The number of methoxy groups -OCH3 is 1. The third-order valence-corrected chi connectivity index (χ3v) is 10.2. The molecule has 1 heterocycles. The summed E-state index contributed by atoms with van der Waals surface area (Å²) < 4.78 is 49.0. The number of piperazine rings is 1. The maximum absolute atomic E-state index is 15.5. The summed E-state index contributed by atoms with van der Waals surface area (Å²) in [5, 5.41) is 13.3. The van der Waals surface area contributed by atoms with Crippen LogP contribution in [-0.4, -0.2) is 57.5 Å². The molecule has 3 atom stereocenters. The largest absolute Gasteiger partial charge is 0.497 e. The van der Waals surface area contributed by atoms with Gasteiger partial charge in [-0.3, -0.25) is 10.1 Å². The number of ether oxygens (including phenoxy) is 1. The van der Waals surface area contributed by atoms with Crippen molar-refractivity contribution in [2.75, 3.05) is 25.5 Å². The van der Waals surface area contributed by atoms with E-state index in [-0.39, 0.29) is 42.3 Å². The second-order valence-corrected chi connectivity index (χ2v) is 14.0. The minimum atomic E-state index is -3.92. The zero-order valence-corrected chi connectivity index (χ0v) is 26.5. The summed E-state index contributed by atoms with van der Waals surface area (Å²) in [5.41, 5.74) is 1.58. The highest BCUT2D eigenvalue weighted by molar-refractivity contribution is 7.92. The average Bonchev–Trinajstić information content (AvgIpc) is 2.96. The predicted octanol–water partition coefficient (Wildman–Crippen LogP) is 4.72. The van der Waals surface area contributed by atoms with Crippen LogP contribution >= 0.6 is 11.6 Å². The number of benzene rings is 3. The number of carbonyl (C=O) groups is 1. The summed E-state index contributed by atoms with van der Waals surface area (Å²) in [7, 11) is -2.40. The minimum absolute atomic E-state index is 0.0888. The number of amides is 1. The van der Waals surface area contributed by atoms with Crippen LogP contribution in [0.3, 0.4) is 0 Å². The fourth-order valence-electron chi connectivity index (χ4n) is 5.45. The van der Waals surface area contributed by atoms with E-state index in [1.165, 1.54) is 25.3 Å². The Hall–Kier alpha value is -3.18. The van der Waals surface area contributed by atoms with Crippen molar-refractivity contribution < 1.29 is 22.3 Å². The first-order chi connectivity index (χ1) is 20.4. The molecule has 1 saturated heterocycles. The van der Waals surface area contributed by atoms with Gasteiger partial charge in [0.05, 0.1) is 12.0 Å². The zero-order chi connectivity index (χ0) is 31.2. The maximum Gasteiger partial charge on any atom is 0.243 e. The lowest BCUT2D eigenvalue weighted by atomic mass is 9.99. The highest BCUT2D eigenvalue weighted by Crippen LogP contribution is 2.33. The van der Waals surface area contributed by atoms with Gasteiger partial charge < -0.3 is 20.7 Å². The molecule has 3 aromatic rings. The molecule has 4 N–H and O–H groups in total. The van der Waals surface area contributed by atoms with Crippen molar-refractivity contribution in [1.82, 2.24) is 16.0 Å². The lowest BCUT2D eigenvalue weighted by Crippen LogP contribution is -2.66. The molecule has 3 aromatic carbocycles. The van der Waals surface area contributed by atoms with Gasteiger partial charge in [0.15, 0.2) is 9.84 Å². The van der Waals surface area contributed by atoms with E-state index in [0.29, 0.717) is 35.0 Å². The molecule has 1 amide bonds. The average molecular weight is 631 g/mol. The van der Waals surface area contributed by atoms with Gasteiger partial charge in [-0.05, 0) is 87.7 Å². The van der Waals surface area contributed by atoms with Crippen LogP contribution in [0.4, 0.5) is 10.1 Å². The summed E-state index contributed by atoms with van der Waals surface area (Å²) in [6.07, 6.45) is 0.501. The summed E-state index contributed by atoms with van der Waals surface area (Å²) in [6.45, 7) is 6.40. The van der Waals surface area contributed by atoms with E-state index < -0.39 is 26.6 Å². The number of halogens is 2. The van der Waals surface area contributed by atoms with Gasteiger partial charge in [-0.15, -0.1) is 0 Å². The van der Waals surface area contributed by atoms with Gasteiger partial charge in [0, 0.05) is 47.9 Å². The van der Waals surface area contributed by atoms with Gasteiger partial charge in [0.25, 0.3) is 0 Å². The van der Waals surface area contributed by atoms with E-state index in [1.807, 2.05) is 32.9 Å². The molecule has 11 heteroatoms. The van der Waals surface area contributed by atoms with Crippen molar-refractivity contribution in [1.29, 1.82) is 0 Å². The first-order valence-corrected chi connectivity index (χ1v) is 16.3. The molecule has 0 spiro atoms. The Morgan fingerprint density at radius 1 is 1.14 bits per heavy atom. The molecule has 0 radical (unpaired) electrons. The van der Waals surface area contributed by atoms with Gasteiger partial charge in [0.1, 0.15) is 22.5 Å². The van der Waals surface area contributed by atoms with Crippen LogP contribution < -0.4 is 26.0 Å². The van der Waals surface area contributed by atoms with Crippen LogP contribution in [0.25, 0.3) is 0 Å². The summed E-state index contributed by atoms with van der Waals surface area (Å²) >= 11 is 6.20. The summed E-state index contributed by atoms with van der Waals surface area (Å²) in [5.74, 6) is -0.174. The Kier molecular flexibility index (Phi) is 10.7. The molecular weight excluding hydrogens is 591 g/mol. The molecule has 0 saturated carbocycles. The van der Waals surface area contributed by atoms with Gasteiger partial charge in [-0.2, -0.15) is 0 Å². The maximum atomic E-state index is 15.5. The molecule has 0 aliphatic carbocycles. The summed E-state index contributed by atoms with van der Waals surface area (Å²) in [4.78, 5) is 12.0. The smallest absolute Gasteiger partial charge is 0.243 e. The van der Waals surface area contributed by atoms with E-state index in [1.54, 1.807) is 36.4 Å². The van der Waals surface area contributed by atoms with Crippen LogP contribution in [0, 0.1) is 5.82 Å². The van der Waals surface area contributed by atoms with Crippen molar-refractivity contribution in [3.63, 3.8) is 0 Å². The van der Waals surface area contributed by atoms with Gasteiger partial charge in [-0.1, -0.05) is 29.8 Å². The molecule has 232 valence electrons. The van der Waals surface area contributed by atoms with Crippen LogP contribution in [0.15, 0.2) is 71.6 Å². The molecular formula is C32H40ClFN4O4S. The SMILES string of the molecule is COc1ccc(S(=O)(=O)[C@@]2(CCc3c(F)cccc3N[C@@H](Cc3cccc(Cl)c3)C(=O)NC(C)C)CNC[C@H](C)N2)cc1. The molecule has 1 aliphatic rings. The number of hydrogen-bond acceptors (Lipinski definition) is 7. The van der Waals surface area contributed by atoms with Crippen LogP contribution in [0.2, 0.25) is 5.02 Å². The second-order valence-electron chi connectivity index (χ2n) is 11.3. The van der Waals surface area contributed by atoms with Crippen molar-refractivity contribution >= 4 is 33.0 Å². The van der Waals surface area contributed by atoms with Crippen LogP contribution in [0.5, 0.6) is 5.75 Å². The topological polar surface area (TPSA) is 109 Å². The molecule has 1 fully saturated rings. The van der Waals surface area contributed by atoms with E-state index in [4.69, 9.17) is 16.3 Å². The Balaban J connectivity index is 1.66. The number of sulfone groups is 1. The highest BCUT2D eigenvalue weighted by Gasteiger charge is 2.47. The Morgan fingerprint density at radius 2 is 1.86 bits per heavy atom. The monoisotopic (exact) mass is 630 g/mol. The van der Waals surface area contributed by atoms with Crippen molar-refractivity contribution in [3.8, 4) is 5.75 Å². The molecule has 0 unspecified atom stereocenters. The van der Waals surface area contributed by atoms with E-state index in [0.717, 1.165) is 5.56 Å². The molecule has 0 aromatic heterocycles. The predicted molar refractivity (Wildman–Crippen MR) is 169 cm³/mol. The third kappa shape index (κ3) is 7.86. The van der Waals surface area contributed by atoms with E-state index >= 15 is 4.39 Å². The lowest BCUT2D eigenvalue weighted by Gasteiger charge is -2.41.